The van der Waals surface area contributed by atoms with E-state index in [0.29, 0.717) is 5.56 Å². The van der Waals surface area contributed by atoms with Crippen molar-refractivity contribution in [1.82, 2.24) is 5.32 Å². The molecule has 13 heteroatoms. The molecule has 0 bridgehead atoms. The Kier molecular flexibility index (Phi) is 6.67. The fraction of sp³-hybridized carbons (Fsp3) is 0.550. The van der Waals surface area contributed by atoms with Gasteiger partial charge in [0.05, 0.1) is 5.94 Å². The first-order chi connectivity index (χ1) is 15.2. The maximum Gasteiger partial charge on any atom is 0.547 e. The molecule has 0 saturated carbocycles. The summed E-state index contributed by atoms with van der Waals surface area (Å²) in [5.74, 6) is -6.74. The van der Waals surface area contributed by atoms with Crippen molar-refractivity contribution in [3.8, 4) is 5.75 Å². The Morgan fingerprint density at radius 1 is 1.30 bits per heavy atom. The number of rotatable bonds is 6. The van der Waals surface area contributed by atoms with Crippen LogP contribution in [0.15, 0.2) is 18.2 Å². The molecule has 3 rings (SSSR count). The Labute approximate surface area is 187 Å². The number of carbonyl (C=O) groups excluding carboxylic acids is 3. The second-order valence-electron chi connectivity index (χ2n) is 8.38. The standard InChI is InChI=1S/C20H23BF3NO8/c1-18(2)31-17(28)19(3,33-18)30-16(27)12-7-4-6-11-10-13(21(29)32-15(11)12)25-14(26)8-5-9-20(22,23)24/h4,6-7,13,29H,5,8-10H2,1-3H3,(H,25,26)/t13-,19?/m0/s1. The fourth-order valence-electron chi connectivity index (χ4n) is 3.58. The highest BCUT2D eigenvalue weighted by molar-refractivity contribution is 6.47. The number of para-hydroxylation sites is 1. The molecule has 0 radical (unpaired) electrons. The minimum atomic E-state index is -4.36. The quantitative estimate of drug-likeness (QED) is 0.476. The predicted molar refractivity (Wildman–Crippen MR) is 106 cm³/mol. The molecule has 1 aromatic rings. The number of amides is 1. The van der Waals surface area contributed by atoms with Crippen molar-refractivity contribution >= 4 is 25.0 Å². The van der Waals surface area contributed by atoms with Gasteiger partial charge in [0.1, 0.15) is 11.3 Å². The van der Waals surface area contributed by atoms with Gasteiger partial charge in [-0.3, -0.25) is 9.53 Å². The lowest BCUT2D eigenvalue weighted by Crippen LogP contribution is -2.53. The maximum atomic E-state index is 12.8. The van der Waals surface area contributed by atoms with E-state index in [-0.39, 0.29) is 30.6 Å². The number of esters is 2. The van der Waals surface area contributed by atoms with Gasteiger partial charge in [0.2, 0.25) is 11.7 Å². The van der Waals surface area contributed by atoms with E-state index < -0.39 is 55.1 Å². The normalized spacial score (nSPS) is 23.9. The highest BCUT2D eigenvalue weighted by Gasteiger charge is 2.54. The number of halogens is 3. The summed E-state index contributed by atoms with van der Waals surface area (Å²) in [5.41, 5.74) is 0.347. The van der Waals surface area contributed by atoms with Gasteiger partial charge in [0, 0.05) is 33.6 Å². The molecule has 1 aromatic carbocycles. The van der Waals surface area contributed by atoms with Gasteiger partial charge in [-0.25, -0.2) is 9.59 Å². The van der Waals surface area contributed by atoms with Crippen molar-refractivity contribution in [2.75, 3.05) is 0 Å². The van der Waals surface area contributed by atoms with Crippen LogP contribution >= 0.6 is 0 Å². The molecular formula is C20H23BF3NO8. The van der Waals surface area contributed by atoms with Crippen molar-refractivity contribution in [3.63, 3.8) is 0 Å². The minimum Gasteiger partial charge on any atom is -0.534 e. The molecular weight excluding hydrogens is 450 g/mol. The third-order valence-electron chi connectivity index (χ3n) is 4.99. The van der Waals surface area contributed by atoms with Gasteiger partial charge in [-0.05, 0) is 24.5 Å². The molecule has 1 amide bonds. The van der Waals surface area contributed by atoms with Gasteiger partial charge in [0.15, 0.2) is 0 Å². The van der Waals surface area contributed by atoms with Crippen LogP contribution in [0.2, 0.25) is 0 Å². The number of ether oxygens (including phenoxy) is 3. The van der Waals surface area contributed by atoms with Gasteiger partial charge in [-0.15, -0.1) is 0 Å². The van der Waals surface area contributed by atoms with E-state index in [9.17, 15) is 32.6 Å². The molecule has 33 heavy (non-hydrogen) atoms. The molecule has 2 heterocycles. The Hall–Kier alpha value is -2.80. The second kappa shape index (κ2) is 8.86. The van der Waals surface area contributed by atoms with E-state index in [0.717, 1.165) is 0 Å². The number of benzene rings is 1. The van der Waals surface area contributed by atoms with Gasteiger partial charge in [0.25, 0.3) is 0 Å². The molecule has 2 N–H and O–H groups in total. The van der Waals surface area contributed by atoms with E-state index >= 15 is 0 Å². The van der Waals surface area contributed by atoms with Crippen LogP contribution in [0.3, 0.4) is 0 Å². The summed E-state index contributed by atoms with van der Waals surface area (Å²) < 4.78 is 57.8. The monoisotopic (exact) mass is 473 g/mol. The van der Waals surface area contributed by atoms with Gasteiger partial charge < -0.3 is 24.5 Å². The summed E-state index contributed by atoms with van der Waals surface area (Å²) in [6.07, 6.45) is -6.15. The van der Waals surface area contributed by atoms with Gasteiger partial charge >= 0.3 is 31.0 Å². The van der Waals surface area contributed by atoms with E-state index in [1.807, 2.05) is 0 Å². The largest absolute Gasteiger partial charge is 0.547 e. The molecule has 1 saturated heterocycles. The van der Waals surface area contributed by atoms with Crippen LogP contribution < -0.4 is 9.97 Å². The number of fused-ring (bicyclic) bond motifs is 1. The number of alkyl halides is 3. The summed E-state index contributed by atoms with van der Waals surface area (Å²) in [6, 6.07) is 4.46. The lowest BCUT2D eigenvalue weighted by molar-refractivity contribution is -0.221. The van der Waals surface area contributed by atoms with Crippen LogP contribution in [0.4, 0.5) is 13.2 Å². The van der Waals surface area contributed by atoms with Crippen LogP contribution in [0.1, 0.15) is 56.0 Å². The van der Waals surface area contributed by atoms with Crippen molar-refractivity contribution in [1.29, 1.82) is 0 Å². The Morgan fingerprint density at radius 2 is 2.00 bits per heavy atom. The van der Waals surface area contributed by atoms with Gasteiger partial charge in [-0.1, -0.05) is 12.1 Å². The third-order valence-corrected chi connectivity index (χ3v) is 4.99. The lowest BCUT2D eigenvalue weighted by Gasteiger charge is -2.29. The van der Waals surface area contributed by atoms with Crippen LogP contribution in [0, 0.1) is 0 Å². The highest BCUT2D eigenvalue weighted by Crippen LogP contribution is 2.36. The summed E-state index contributed by atoms with van der Waals surface area (Å²) in [6.45, 7) is 4.19. The Bertz CT molecular complexity index is 954. The summed E-state index contributed by atoms with van der Waals surface area (Å²) >= 11 is 0. The van der Waals surface area contributed by atoms with E-state index in [1.165, 1.54) is 32.9 Å². The molecule has 180 valence electrons. The molecule has 1 fully saturated rings. The zero-order chi connectivity index (χ0) is 24.6. The van der Waals surface area contributed by atoms with Crippen LogP contribution in [-0.2, 0) is 30.2 Å². The van der Waals surface area contributed by atoms with Crippen molar-refractivity contribution < 1.29 is 51.4 Å². The molecule has 1 unspecified atom stereocenters. The smallest absolute Gasteiger partial charge is 0.534 e. The van der Waals surface area contributed by atoms with Crippen molar-refractivity contribution in [3.05, 3.63) is 29.3 Å². The van der Waals surface area contributed by atoms with Crippen molar-refractivity contribution in [2.45, 2.75) is 70.1 Å². The topological polar surface area (TPSA) is 120 Å². The number of hydrogen-bond donors (Lipinski definition) is 2. The first-order valence-electron chi connectivity index (χ1n) is 10.2. The lowest BCUT2D eigenvalue weighted by atomic mass is 9.72. The predicted octanol–water partition coefficient (Wildman–Crippen LogP) is 2.04. The molecule has 2 aliphatic rings. The SMILES string of the molecule is CC1(C)OC(=O)C(C)(OC(=O)c2cccc3c2OB(O)[C@@H](NC(=O)CCCC(F)(F)F)C3)O1. The minimum absolute atomic E-state index is 0.00760. The first kappa shape index (κ1) is 24.8. The molecule has 0 spiro atoms. The van der Waals surface area contributed by atoms with E-state index in [2.05, 4.69) is 5.32 Å². The second-order valence-corrected chi connectivity index (χ2v) is 8.38. The molecule has 9 nitrogen and oxygen atoms in total. The van der Waals surface area contributed by atoms with Gasteiger partial charge in [-0.2, -0.15) is 13.2 Å². The van der Waals surface area contributed by atoms with E-state index in [4.69, 9.17) is 18.9 Å². The zero-order valence-electron chi connectivity index (χ0n) is 18.2. The third kappa shape index (κ3) is 5.96. The summed E-state index contributed by atoms with van der Waals surface area (Å²) in [4.78, 5) is 36.8. The number of cyclic esters (lactones) is 1. The maximum absolute atomic E-state index is 12.8. The first-order valence-corrected chi connectivity index (χ1v) is 10.2. The van der Waals surface area contributed by atoms with Crippen LogP contribution in [0.25, 0.3) is 0 Å². The Balaban J connectivity index is 1.68. The van der Waals surface area contributed by atoms with Crippen LogP contribution in [-0.4, -0.2) is 53.7 Å². The molecule has 2 atom stereocenters. The average Bonchev–Trinajstić information content (AvgIpc) is 2.87. The fourth-order valence-corrected chi connectivity index (χ4v) is 3.58. The Morgan fingerprint density at radius 3 is 2.61 bits per heavy atom. The number of hydrogen-bond acceptors (Lipinski definition) is 8. The molecule has 0 aliphatic carbocycles. The zero-order valence-corrected chi connectivity index (χ0v) is 18.2. The van der Waals surface area contributed by atoms with Crippen LogP contribution in [0.5, 0.6) is 5.75 Å². The summed E-state index contributed by atoms with van der Waals surface area (Å²) in [7, 11) is -1.57. The number of nitrogens with one attached hydrogen (secondary N) is 1. The molecule has 0 aromatic heterocycles. The van der Waals surface area contributed by atoms with Crippen molar-refractivity contribution in [2.24, 2.45) is 0 Å². The molecule has 2 aliphatic heterocycles. The van der Waals surface area contributed by atoms with E-state index in [1.54, 1.807) is 6.07 Å². The summed E-state index contributed by atoms with van der Waals surface area (Å²) in [5, 5.41) is 12.7. The number of carbonyl (C=O) groups is 3. The average molecular weight is 473 g/mol. The highest BCUT2D eigenvalue weighted by atomic mass is 19.4.